The van der Waals surface area contributed by atoms with Gasteiger partial charge in [0.2, 0.25) is 21.8 Å². The molecule has 0 aliphatic heterocycles. The van der Waals surface area contributed by atoms with Gasteiger partial charge in [0.25, 0.3) is 0 Å². The minimum Gasteiger partial charge on any atom is -0.354 e. The fourth-order valence-corrected chi connectivity index (χ4v) is 4.91. The second-order valence-electron chi connectivity index (χ2n) is 9.14. The zero-order valence-corrected chi connectivity index (χ0v) is 22.6. The van der Waals surface area contributed by atoms with Gasteiger partial charge in [-0.05, 0) is 56.4 Å². The first kappa shape index (κ1) is 28.4. The monoisotopic (exact) mass is 501 g/mol. The number of hydrogen-bond donors (Lipinski definition) is 1. The number of aryl methyl sites for hydroxylation is 3. The van der Waals surface area contributed by atoms with Crippen LogP contribution in [-0.4, -0.2) is 50.5 Å². The van der Waals surface area contributed by atoms with Gasteiger partial charge in [-0.25, -0.2) is 8.42 Å². The number of rotatable bonds is 12. The molecule has 0 aliphatic carbocycles. The Kier molecular flexibility index (Phi) is 10.3. The summed E-state index contributed by atoms with van der Waals surface area (Å²) in [7, 11) is -3.75. The van der Waals surface area contributed by atoms with Gasteiger partial charge in [-0.1, -0.05) is 62.2 Å². The van der Waals surface area contributed by atoms with Gasteiger partial charge in [-0.2, -0.15) is 0 Å². The van der Waals surface area contributed by atoms with Crippen molar-refractivity contribution in [1.82, 2.24) is 10.2 Å². The Morgan fingerprint density at radius 2 is 1.69 bits per heavy atom. The maximum absolute atomic E-state index is 13.7. The average molecular weight is 502 g/mol. The third-order valence-corrected chi connectivity index (χ3v) is 7.09. The number of sulfonamides is 1. The Labute approximate surface area is 210 Å². The molecule has 0 aliphatic rings. The van der Waals surface area contributed by atoms with Gasteiger partial charge >= 0.3 is 0 Å². The summed E-state index contributed by atoms with van der Waals surface area (Å²) in [6, 6.07) is 12.6. The van der Waals surface area contributed by atoms with E-state index in [9.17, 15) is 18.0 Å². The van der Waals surface area contributed by atoms with Crippen LogP contribution in [0.5, 0.6) is 0 Å². The molecular weight excluding hydrogens is 462 g/mol. The first-order valence-corrected chi connectivity index (χ1v) is 14.0. The molecule has 0 fully saturated rings. The summed E-state index contributed by atoms with van der Waals surface area (Å²) in [4.78, 5) is 28.3. The van der Waals surface area contributed by atoms with Crippen molar-refractivity contribution in [3.8, 4) is 0 Å². The minimum absolute atomic E-state index is 0.213. The normalized spacial score (nSPS) is 12.2. The summed E-state index contributed by atoms with van der Waals surface area (Å²) < 4.78 is 26.7. The van der Waals surface area contributed by atoms with Crippen LogP contribution < -0.4 is 9.62 Å². The molecule has 1 atom stereocenters. The van der Waals surface area contributed by atoms with Crippen molar-refractivity contribution in [3.05, 3.63) is 64.7 Å². The van der Waals surface area contributed by atoms with E-state index in [1.165, 1.54) is 4.90 Å². The highest BCUT2D eigenvalue weighted by Crippen LogP contribution is 2.25. The zero-order valence-electron chi connectivity index (χ0n) is 21.8. The van der Waals surface area contributed by atoms with Gasteiger partial charge in [0.05, 0.1) is 11.9 Å². The molecule has 0 heterocycles. The van der Waals surface area contributed by atoms with Gasteiger partial charge in [-0.3, -0.25) is 13.9 Å². The summed E-state index contributed by atoms with van der Waals surface area (Å²) in [5.74, 6) is -0.644. The lowest BCUT2D eigenvalue weighted by Crippen LogP contribution is -2.52. The smallest absolute Gasteiger partial charge is 0.244 e. The quantitative estimate of drug-likeness (QED) is 0.444. The highest BCUT2D eigenvalue weighted by atomic mass is 32.2. The average Bonchev–Trinajstić information content (AvgIpc) is 2.78. The van der Waals surface area contributed by atoms with Crippen LogP contribution in [0.1, 0.15) is 55.4 Å². The van der Waals surface area contributed by atoms with Crippen molar-refractivity contribution < 1.29 is 18.0 Å². The van der Waals surface area contributed by atoms with Gasteiger partial charge in [0.1, 0.15) is 12.6 Å². The molecule has 0 saturated heterocycles. The maximum atomic E-state index is 13.7. The zero-order chi connectivity index (χ0) is 26.2. The van der Waals surface area contributed by atoms with E-state index in [2.05, 4.69) is 5.32 Å². The van der Waals surface area contributed by atoms with Crippen LogP contribution in [0.3, 0.4) is 0 Å². The molecule has 2 rings (SSSR count). The maximum Gasteiger partial charge on any atom is 0.244 e. The molecule has 2 aromatic rings. The Balaban J connectivity index is 2.45. The standard InChI is InChI=1S/C27H39N3O4S/c1-7-9-15-28-27(32)24(8-2)29(18-23-12-10-11-20(3)16-23)26(31)19-30(35(6,33)34)25-17-21(4)13-14-22(25)5/h10-14,16-17,24H,7-9,15,18-19H2,1-6H3,(H,28,32)/t24-/m0/s1. The van der Waals surface area contributed by atoms with Crippen LogP contribution in [0.15, 0.2) is 42.5 Å². The Bertz CT molecular complexity index is 1130. The van der Waals surface area contributed by atoms with E-state index in [0.717, 1.165) is 45.7 Å². The lowest BCUT2D eigenvalue weighted by Gasteiger charge is -2.33. The second kappa shape index (κ2) is 12.7. The van der Waals surface area contributed by atoms with Crippen molar-refractivity contribution in [2.24, 2.45) is 0 Å². The number of unbranched alkanes of at least 4 members (excludes halogenated alkanes) is 1. The molecule has 0 aromatic heterocycles. The number of anilines is 1. The Hall–Kier alpha value is -2.87. The third kappa shape index (κ3) is 8.09. The summed E-state index contributed by atoms with van der Waals surface area (Å²) in [5.41, 5.74) is 4.05. The van der Waals surface area contributed by atoms with E-state index in [0.29, 0.717) is 18.7 Å². The van der Waals surface area contributed by atoms with Gasteiger partial charge in [0.15, 0.2) is 0 Å². The highest BCUT2D eigenvalue weighted by molar-refractivity contribution is 7.92. The number of amides is 2. The van der Waals surface area contributed by atoms with Crippen molar-refractivity contribution in [2.45, 2.75) is 66.5 Å². The van der Waals surface area contributed by atoms with E-state index >= 15 is 0 Å². The van der Waals surface area contributed by atoms with Crippen LogP contribution in [0, 0.1) is 20.8 Å². The molecule has 2 aromatic carbocycles. The molecule has 192 valence electrons. The molecule has 0 spiro atoms. The van der Waals surface area contributed by atoms with Crippen LogP contribution in [0.2, 0.25) is 0 Å². The van der Waals surface area contributed by atoms with E-state index in [1.54, 1.807) is 6.07 Å². The predicted molar refractivity (Wildman–Crippen MR) is 142 cm³/mol. The first-order valence-electron chi connectivity index (χ1n) is 12.2. The largest absolute Gasteiger partial charge is 0.354 e. The van der Waals surface area contributed by atoms with E-state index in [1.807, 2.05) is 71.0 Å². The van der Waals surface area contributed by atoms with E-state index in [-0.39, 0.29) is 19.0 Å². The Morgan fingerprint density at radius 1 is 1.00 bits per heavy atom. The SMILES string of the molecule is CCCCNC(=O)[C@H](CC)N(Cc1cccc(C)c1)C(=O)CN(c1cc(C)ccc1C)S(C)(=O)=O. The first-order chi connectivity index (χ1) is 16.5. The number of carbonyl (C=O) groups excluding carboxylic acids is 2. The molecule has 1 N–H and O–H groups in total. The van der Waals surface area contributed by atoms with Crippen molar-refractivity contribution >= 4 is 27.5 Å². The molecule has 0 saturated carbocycles. The molecule has 7 nitrogen and oxygen atoms in total. The van der Waals surface area contributed by atoms with Gasteiger partial charge in [-0.15, -0.1) is 0 Å². The molecule has 0 radical (unpaired) electrons. The number of nitrogens with one attached hydrogen (secondary N) is 1. The van der Waals surface area contributed by atoms with Crippen molar-refractivity contribution in [1.29, 1.82) is 0 Å². The lowest BCUT2D eigenvalue weighted by molar-refractivity contribution is -0.140. The van der Waals surface area contributed by atoms with Crippen molar-refractivity contribution in [3.63, 3.8) is 0 Å². The van der Waals surface area contributed by atoms with Crippen LogP contribution in [0.25, 0.3) is 0 Å². The summed E-state index contributed by atoms with van der Waals surface area (Å²) in [5, 5.41) is 2.93. The Morgan fingerprint density at radius 3 is 2.29 bits per heavy atom. The number of nitrogens with zero attached hydrogens (tertiary/aromatic N) is 2. The van der Waals surface area contributed by atoms with E-state index < -0.39 is 22.0 Å². The number of carbonyl (C=O) groups is 2. The van der Waals surface area contributed by atoms with Crippen LogP contribution in [-0.2, 0) is 26.2 Å². The fourth-order valence-electron chi connectivity index (χ4n) is 4.02. The topological polar surface area (TPSA) is 86.8 Å². The van der Waals surface area contributed by atoms with Gasteiger partial charge < -0.3 is 10.2 Å². The number of benzene rings is 2. The van der Waals surface area contributed by atoms with E-state index in [4.69, 9.17) is 0 Å². The van der Waals surface area contributed by atoms with Gasteiger partial charge in [0, 0.05) is 13.1 Å². The lowest BCUT2D eigenvalue weighted by atomic mass is 10.1. The number of hydrogen-bond acceptors (Lipinski definition) is 4. The summed E-state index contributed by atoms with van der Waals surface area (Å²) in [6.45, 7) is 9.94. The molecule has 8 heteroatoms. The summed E-state index contributed by atoms with van der Waals surface area (Å²) >= 11 is 0. The molecule has 2 amide bonds. The fraction of sp³-hybridized carbons (Fsp3) is 0.481. The second-order valence-corrected chi connectivity index (χ2v) is 11.0. The van der Waals surface area contributed by atoms with Crippen molar-refractivity contribution in [2.75, 3.05) is 23.7 Å². The minimum atomic E-state index is -3.75. The highest BCUT2D eigenvalue weighted by Gasteiger charge is 2.32. The molecule has 0 unspecified atom stereocenters. The summed E-state index contributed by atoms with van der Waals surface area (Å²) in [6.07, 6.45) is 3.31. The molecular formula is C27H39N3O4S. The third-order valence-electron chi connectivity index (χ3n) is 5.96. The molecule has 35 heavy (non-hydrogen) atoms. The molecule has 0 bridgehead atoms. The predicted octanol–water partition coefficient (Wildman–Crippen LogP) is 4.10. The van der Waals surface area contributed by atoms with Crippen LogP contribution in [0.4, 0.5) is 5.69 Å². The van der Waals surface area contributed by atoms with Crippen LogP contribution >= 0.6 is 0 Å².